The Hall–Kier alpha value is -3.31. The summed E-state index contributed by atoms with van der Waals surface area (Å²) < 4.78 is 11.9. The Kier molecular flexibility index (Phi) is 6.90. The number of carbonyl (C=O) groups is 2. The SMILES string of the molecule is CC(C)(C)OC(=O)Nc1ncc(-c2ccc(C#CCO)cc2)n1C(=O)OC(C)(C)C. The van der Waals surface area contributed by atoms with Crippen LogP contribution in [-0.2, 0) is 9.47 Å². The zero-order valence-electron chi connectivity index (χ0n) is 18.1. The minimum atomic E-state index is -0.744. The second kappa shape index (κ2) is 9.01. The first kappa shape index (κ1) is 23.0. The number of hydrogen-bond donors (Lipinski definition) is 2. The first-order valence-electron chi connectivity index (χ1n) is 9.41. The molecule has 2 rings (SSSR count). The summed E-state index contributed by atoms with van der Waals surface area (Å²) in [6, 6.07) is 7.03. The third kappa shape index (κ3) is 6.64. The molecule has 2 N–H and O–H groups in total. The molecule has 0 aliphatic heterocycles. The van der Waals surface area contributed by atoms with Gasteiger partial charge in [-0.3, -0.25) is 5.32 Å². The van der Waals surface area contributed by atoms with Crippen molar-refractivity contribution in [3.05, 3.63) is 36.0 Å². The topological polar surface area (TPSA) is 103 Å². The van der Waals surface area contributed by atoms with Crippen molar-refractivity contribution in [1.82, 2.24) is 9.55 Å². The van der Waals surface area contributed by atoms with Crippen LogP contribution in [0.3, 0.4) is 0 Å². The molecule has 0 unspecified atom stereocenters. The largest absolute Gasteiger partial charge is 0.444 e. The van der Waals surface area contributed by atoms with Crippen LogP contribution in [0.2, 0.25) is 0 Å². The summed E-state index contributed by atoms with van der Waals surface area (Å²) in [5.41, 5.74) is 0.355. The van der Waals surface area contributed by atoms with Gasteiger partial charge in [-0.25, -0.2) is 19.1 Å². The van der Waals surface area contributed by atoms with Gasteiger partial charge in [0.05, 0.1) is 11.9 Å². The normalized spacial score (nSPS) is 11.3. The van der Waals surface area contributed by atoms with Gasteiger partial charge in [-0.2, -0.15) is 0 Å². The molecule has 30 heavy (non-hydrogen) atoms. The van der Waals surface area contributed by atoms with Crippen molar-refractivity contribution in [3.8, 4) is 23.1 Å². The lowest BCUT2D eigenvalue weighted by atomic mass is 10.1. The van der Waals surface area contributed by atoms with Gasteiger partial charge in [0.1, 0.15) is 17.8 Å². The lowest BCUT2D eigenvalue weighted by Crippen LogP contribution is -2.31. The van der Waals surface area contributed by atoms with Gasteiger partial charge in [0, 0.05) is 11.1 Å². The molecule has 0 aliphatic rings. The zero-order valence-corrected chi connectivity index (χ0v) is 18.1. The van der Waals surface area contributed by atoms with Gasteiger partial charge in [-0.05, 0) is 53.7 Å². The van der Waals surface area contributed by atoms with Crippen LogP contribution >= 0.6 is 0 Å². The summed E-state index contributed by atoms with van der Waals surface area (Å²) in [6.45, 7) is 10.2. The van der Waals surface area contributed by atoms with Gasteiger partial charge in [-0.15, -0.1) is 0 Å². The molecule has 160 valence electrons. The maximum Gasteiger partial charge on any atom is 0.421 e. The lowest BCUT2D eigenvalue weighted by Gasteiger charge is -2.22. The van der Waals surface area contributed by atoms with Gasteiger partial charge in [0.25, 0.3) is 0 Å². The van der Waals surface area contributed by atoms with E-state index in [1.54, 1.807) is 65.8 Å². The van der Waals surface area contributed by atoms with Crippen LogP contribution < -0.4 is 5.32 Å². The number of aromatic nitrogens is 2. The van der Waals surface area contributed by atoms with Crippen LogP contribution in [0.4, 0.5) is 15.5 Å². The summed E-state index contributed by atoms with van der Waals surface area (Å²) in [6.07, 6.45) is 0.0367. The molecule has 8 heteroatoms. The maximum absolute atomic E-state index is 12.9. The number of ether oxygens (including phenoxy) is 2. The zero-order chi connectivity index (χ0) is 22.5. The number of nitrogens with one attached hydrogen (secondary N) is 1. The Bertz CT molecular complexity index is 967. The highest BCUT2D eigenvalue weighted by molar-refractivity contribution is 5.89. The number of aliphatic hydroxyl groups is 1. The van der Waals surface area contributed by atoms with Crippen molar-refractivity contribution in [2.75, 3.05) is 11.9 Å². The molecular weight excluding hydrogens is 386 g/mol. The van der Waals surface area contributed by atoms with Crippen molar-refractivity contribution >= 4 is 18.1 Å². The number of rotatable bonds is 2. The van der Waals surface area contributed by atoms with E-state index in [9.17, 15) is 9.59 Å². The van der Waals surface area contributed by atoms with Crippen molar-refractivity contribution < 1.29 is 24.2 Å². The van der Waals surface area contributed by atoms with E-state index in [1.807, 2.05) is 0 Å². The quantitative estimate of drug-likeness (QED) is 0.721. The van der Waals surface area contributed by atoms with E-state index in [-0.39, 0.29) is 12.6 Å². The Morgan fingerprint density at radius 3 is 2.20 bits per heavy atom. The molecule has 1 heterocycles. The summed E-state index contributed by atoms with van der Waals surface area (Å²) in [4.78, 5) is 29.2. The van der Waals surface area contributed by atoms with Crippen LogP contribution in [0.15, 0.2) is 30.5 Å². The Morgan fingerprint density at radius 2 is 1.67 bits per heavy atom. The van der Waals surface area contributed by atoms with Crippen molar-refractivity contribution in [3.63, 3.8) is 0 Å². The average Bonchev–Trinajstić information content (AvgIpc) is 3.00. The second-order valence-electron chi connectivity index (χ2n) is 8.45. The molecule has 0 saturated heterocycles. The number of carbonyl (C=O) groups excluding carboxylic acids is 2. The van der Waals surface area contributed by atoms with Crippen molar-refractivity contribution in [1.29, 1.82) is 0 Å². The standard InChI is InChI=1S/C22H27N3O5/c1-21(2,3)29-19(27)24-18-23-14-17(25(18)20(28)30-22(4,5)6)16-11-9-15(10-12-16)8-7-13-26/h9-12,14,26H,13H2,1-6H3,(H,23,24,27). The number of imidazole rings is 1. The smallest absolute Gasteiger partial charge is 0.421 e. The van der Waals surface area contributed by atoms with E-state index in [2.05, 4.69) is 22.1 Å². The Balaban J connectivity index is 2.43. The molecule has 0 atom stereocenters. The van der Waals surface area contributed by atoms with Crippen LogP contribution in [-0.4, -0.2) is 44.7 Å². The molecular formula is C22H27N3O5. The minimum Gasteiger partial charge on any atom is -0.444 e. The highest BCUT2D eigenvalue weighted by Crippen LogP contribution is 2.25. The van der Waals surface area contributed by atoms with E-state index < -0.39 is 23.4 Å². The number of hydrogen-bond acceptors (Lipinski definition) is 6. The van der Waals surface area contributed by atoms with E-state index in [1.165, 1.54) is 10.8 Å². The van der Waals surface area contributed by atoms with Gasteiger partial charge < -0.3 is 14.6 Å². The van der Waals surface area contributed by atoms with E-state index in [4.69, 9.17) is 14.6 Å². The highest BCUT2D eigenvalue weighted by Gasteiger charge is 2.26. The van der Waals surface area contributed by atoms with Crippen molar-refractivity contribution in [2.24, 2.45) is 0 Å². The fraction of sp³-hybridized carbons (Fsp3) is 0.409. The van der Waals surface area contributed by atoms with E-state index in [0.29, 0.717) is 16.8 Å². The third-order valence-corrected chi connectivity index (χ3v) is 3.44. The molecule has 1 aromatic carbocycles. The van der Waals surface area contributed by atoms with Gasteiger partial charge >= 0.3 is 12.2 Å². The molecule has 0 aliphatic carbocycles. The van der Waals surface area contributed by atoms with Gasteiger partial charge in [-0.1, -0.05) is 24.0 Å². The van der Waals surface area contributed by atoms with Crippen LogP contribution in [0.25, 0.3) is 11.3 Å². The molecule has 0 radical (unpaired) electrons. The molecule has 0 spiro atoms. The predicted octanol–water partition coefficient (Wildman–Crippen LogP) is 4.02. The third-order valence-electron chi connectivity index (χ3n) is 3.44. The molecule has 0 bridgehead atoms. The predicted molar refractivity (Wildman–Crippen MR) is 113 cm³/mol. The summed E-state index contributed by atoms with van der Waals surface area (Å²) in [5.74, 6) is 5.37. The molecule has 2 aromatic rings. The van der Waals surface area contributed by atoms with E-state index in [0.717, 1.165) is 0 Å². The molecule has 8 nitrogen and oxygen atoms in total. The molecule has 0 fully saturated rings. The fourth-order valence-corrected chi connectivity index (χ4v) is 2.40. The monoisotopic (exact) mass is 413 g/mol. The minimum absolute atomic E-state index is 0.0161. The average molecular weight is 413 g/mol. The molecule has 1 amide bonds. The Morgan fingerprint density at radius 1 is 1.07 bits per heavy atom. The first-order chi connectivity index (χ1) is 13.9. The van der Waals surface area contributed by atoms with Gasteiger partial charge in [0.2, 0.25) is 5.95 Å². The Labute approximate surface area is 176 Å². The molecule has 1 aromatic heterocycles. The molecule has 0 saturated carbocycles. The number of benzene rings is 1. The number of amides is 1. The number of anilines is 1. The number of nitrogens with zero attached hydrogens (tertiary/aromatic N) is 2. The summed E-state index contributed by atoms with van der Waals surface area (Å²) >= 11 is 0. The highest BCUT2D eigenvalue weighted by atomic mass is 16.6. The van der Waals surface area contributed by atoms with Gasteiger partial charge in [0.15, 0.2) is 0 Å². The van der Waals surface area contributed by atoms with Crippen LogP contribution in [0, 0.1) is 11.8 Å². The van der Waals surface area contributed by atoms with Crippen molar-refractivity contribution in [2.45, 2.75) is 52.7 Å². The lowest BCUT2D eigenvalue weighted by molar-refractivity contribution is 0.0542. The van der Waals surface area contributed by atoms with Crippen LogP contribution in [0.1, 0.15) is 47.1 Å². The van der Waals surface area contributed by atoms with Crippen LogP contribution in [0.5, 0.6) is 0 Å². The summed E-state index contributed by atoms with van der Waals surface area (Å²) in [5, 5.41) is 11.3. The fourth-order valence-electron chi connectivity index (χ4n) is 2.40. The maximum atomic E-state index is 12.9. The number of aliphatic hydroxyl groups excluding tert-OH is 1. The van der Waals surface area contributed by atoms with E-state index >= 15 is 0 Å². The first-order valence-corrected chi connectivity index (χ1v) is 9.41. The summed E-state index contributed by atoms with van der Waals surface area (Å²) in [7, 11) is 0. The second-order valence-corrected chi connectivity index (χ2v) is 8.45.